The number of hydrogen-bond donors (Lipinski definition) is 0. The van der Waals surface area contributed by atoms with Crippen LogP contribution in [0.4, 0.5) is 5.69 Å². The molecule has 4 rings (SSSR count). The number of nitrogens with zero attached hydrogens (tertiary/aromatic N) is 1. The third-order valence-corrected chi connectivity index (χ3v) is 5.85. The Morgan fingerprint density at radius 1 is 1.21 bits per heavy atom. The minimum absolute atomic E-state index is 0.0601. The lowest BCUT2D eigenvalue weighted by atomic mass is 9.99. The van der Waals surface area contributed by atoms with E-state index in [1.165, 1.54) is 6.92 Å². The lowest BCUT2D eigenvalue weighted by Crippen LogP contribution is -2.32. The highest BCUT2D eigenvalue weighted by atomic mass is 16.5. The summed E-state index contributed by atoms with van der Waals surface area (Å²) >= 11 is 0. The smallest absolute Gasteiger partial charge is 0.302 e. The zero-order valence-corrected chi connectivity index (χ0v) is 20.2. The minimum atomic E-state index is -0.435. The van der Waals surface area contributed by atoms with Gasteiger partial charge in [-0.1, -0.05) is 36.4 Å². The number of esters is 1. The van der Waals surface area contributed by atoms with Crippen LogP contribution in [0.1, 0.15) is 50.3 Å². The summed E-state index contributed by atoms with van der Waals surface area (Å²) in [7, 11) is 1.63. The Kier molecular flexibility index (Phi) is 6.77. The van der Waals surface area contributed by atoms with Crippen molar-refractivity contribution in [2.24, 2.45) is 5.92 Å². The van der Waals surface area contributed by atoms with Crippen molar-refractivity contribution in [2.75, 3.05) is 18.6 Å². The largest absolute Gasteiger partial charge is 0.492 e. The number of carbonyl (C=O) groups is 2. The van der Waals surface area contributed by atoms with E-state index in [4.69, 9.17) is 14.2 Å². The van der Waals surface area contributed by atoms with Gasteiger partial charge in [-0.05, 0) is 56.5 Å². The Labute approximate surface area is 200 Å². The van der Waals surface area contributed by atoms with Crippen LogP contribution in [0.25, 0.3) is 12.2 Å². The number of benzene rings is 2. The molecule has 0 radical (unpaired) electrons. The van der Waals surface area contributed by atoms with Crippen LogP contribution in [0, 0.1) is 5.92 Å². The molecule has 0 spiro atoms. The summed E-state index contributed by atoms with van der Waals surface area (Å²) in [6.45, 7) is 5.97. The molecule has 0 unspecified atom stereocenters. The Morgan fingerprint density at radius 3 is 2.71 bits per heavy atom. The fourth-order valence-corrected chi connectivity index (χ4v) is 3.95. The van der Waals surface area contributed by atoms with Crippen molar-refractivity contribution in [3.63, 3.8) is 0 Å². The topological polar surface area (TPSA) is 65.1 Å². The molecule has 0 saturated heterocycles. The van der Waals surface area contributed by atoms with Crippen LogP contribution in [-0.4, -0.2) is 31.2 Å². The average Bonchev–Trinajstić information content (AvgIpc) is 3.64. The maximum absolute atomic E-state index is 13.3. The summed E-state index contributed by atoms with van der Waals surface area (Å²) < 4.78 is 17.0. The predicted molar refractivity (Wildman–Crippen MR) is 133 cm³/mol. The first-order valence-corrected chi connectivity index (χ1v) is 11.6. The Balaban J connectivity index is 1.64. The number of hydrogen-bond acceptors (Lipinski definition) is 5. The van der Waals surface area contributed by atoms with Crippen LogP contribution in [0.2, 0.25) is 0 Å². The average molecular weight is 462 g/mol. The van der Waals surface area contributed by atoms with Gasteiger partial charge in [-0.3, -0.25) is 9.59 Å². The first kappa shape index (κ1) is 23.6. The van der Waals surface area contributed by atoms with Crippen LogP contribution in [0.15, 0.2) is 48.6 Å². The molecule has 1 aliphatic carbocycles. The molecule has 1 saturated carbocycles. The molecule has 1 fully saturated rings. The molecule has 6 nitrogen and oxygen atoms in total. The lowest BCUT2D eigenvalue weighted by molar-refractivity contribution is -0.139. The summed E-state index contributed by atoms with van der Waals surface area (Å²) in [6.07, 6.45) is 9.57. The highest BCUT2D eigenvalue weighted by Crippen LogP contribution is 2.42. The Morgan fingerprint density at radius 2 is 2.00 bits per heavy atom. The third-order valence-electron chi connectivity index (χ3n) is 5.85. The van der Waals surface area contributed by atoms with E-state index in [9.17, 15) is 9.59 Å². The highest BCUT2D eigenvalue weighted by molar-refractivity contribution is 5.96. The fraction of sp³-hybridized carbons (Fsp3) is 0.357. The van der Waals surface area contributed by atoms with E-state index in [0.29, 0.717) is 18.0 Å². The van der Waals surface area contributed by atoms with Gasteiger partial charge in [-0.15, -0.1) is 0 Å². The quantitative estimate of drug-likeness (QED) is 0.493. The van der Waals surface area contributed by atoms with Crippen molar-refractivity contribution in [3.05, 3.63) is 65.2 Å². The molecular formula is C28H31NO5. The van der Waals surface area contributed by atoms with Gasteiger partial charge in [0.25, 0.3) is 0 Å². The van der Waals surface area contributed by atoms with Crippen molar-refractivity contribution in [3.8, 4) is 11.5 Å². The summed E-state index contributed by atoms with van der Waals surface area (Å²) in [5, 5.41) is 0. The van der Waals surface area contributed by atoms with E-state index in [1.54, 1.807) is 13.2 Å². The molecule has 0 aromatic heterocycles. The molecule has 1 aliphatic heterocycles. The van der Waals surface area contributed by atoms with E-state index in [2.05, 4.69) is 0 Å². The maximum Gasteiger partial charge on any atom is 0.302 e. The second kappa shape index (κ2) is 9.75. The van der Waals surface area contributed by atoms with Crippen molar-refractivity contribution >= 4 is 29.7 Å². The van der Waals surface area contributed by atoms with Crippen LogP contribution >= 0.6 is 0 Å². The van der Waals surface area contributed by atoms with Crippen molar-refractivity contribution in [2.45, 2.75) is 45.8 Å². The van der Waals surface area contributed by atoms with Gasteiger partial charge in [-0.25, -0.2) is 0 Å². The highest BCUT2D eigenvalue weighted by Gasteiger charge is 2.35. The zero-order valence-electron chi connectivity index (χ0n) is 20.2. The van der Waals surface area contributed by atoms with Gasteiger partial charge in [0, 0.05) is 29.7 Å². The van der Waals surface area contributed by atoms with Crippen LogP contribution < -0.4 is 14.4 Å². The molecule has 2 aromatic carbocycles. The van der Waals surface area contributed by atoms with Crippen LogP contribution in [0.3, 0.4) is 0 Å². The van der Waals surface area contributed by atoms with Crippen molar-refractivity contribution < 1.29 is 23.8 Å². The first-order valence-electron chi connectivity index (χ1n) is 11.6. The van der Waals surface area contributed by atoms with E-state index >= 15 is 0 Å². The number of methoxy groups -OCH3 is 1. The van der Waals surface area contributed by atoms with Gasteiger partial charge < -0.3 is 19.1 Å². The predicted octanol–water partition coefficient (Wildman–Crippen LogP) is 5.40. The van der Waals surface area contributed by atoms with E-state index < -0.39 is 5.60 Å². The second-order valence-corrected chi connectivity index (χ2v) is 9.21. The molecule has 2 aliphatic rings. The normalized spacial score (nSPS) is 16.0. The fourth-order valence-electron chi connectivity index (χ4n) is 3.95. The van der Waals surface area contributed by atoms with E-state index in [1.807, 2.05) is 73.4 Å². The van der Waals surface area contributed by atoms with Crippen LogP contribution in [0.5, 0.6) is 11.5 Å². The molecule has 0 bridgehead atoms. The molecule has 178 valence electrons. The van der Waals surface area contributed by atoms with Gasteiger partial charge in [0.05, 0.1) is 13.7 Å². The summed E-state index contributed by atoms with van der Waals surface area (Å²) in [6, 6.07) is 11.8. The molecule has 0 N–H and O–H groups in total. The SMILES string of the molecule is COc1c(CN(C(=O)C2CC2)c2cccc(/C=C/COC(C)=O)c2)ccc2c1OC(C)(C)C=C2. The van der Waals surface area contributed by atoms with Crippen molar-refractivity contribution in [1.82, 2.24) is 0 Å². The van der Waals surface area contributed by atoms with Gasteiger partial charge in [0.2, 0.25) is 5.91 Å². The van der Waals surface area contributed by atoms with Crippen LogP contribution in [-0.2, 0) is 20.9 Å². The summed E-state index contributed by atoms with van der Waals surface area (Å²) in [5.74, 6) is 1.21. The number of rotatable bonds is 8. The Hall–Kier alpha value is -3.54. The van der Waals surface area contributed by atoms with Gasteiger partial charge in [-0.2, -0.15) is 0 Å². The lowest BCUT2D eigenvalue weighted by Gasteiger charge is -2.31. The number of ether oxygens (including phenoxy) is 3. The molecule has 34 heavy (non-hydrogen) atoms. The molecule has 1 amide bonds. The number of carbonyl (C=O) groups excluding carboxylic acids is 2. The zero-order chi connectivity index (χ0) is 24.3. The maximum atomic E-state index is 13.3. The van der Waals surface area contributed by atoms with E-state index in [0.717, 1.165) is 35.2 Å². The molecule has 1 heterocycles. The molecule has 2 aromatic rings. The number of anilines is 1. The molecular weight excluding hydrogens is 430 g/mol. The van der Waals surface area contributed by atoms with Crippen molar-refractivity contribution in [1.29, 1.82) is 0 Å². The first-order chi connectivity index (χ1) is 16.3. The number of fused-ring (bicyclic) bond motifs is 1. The minimum Gasteiger partial charge on any atom is -0.492 e. The second-order valence-electron chi connectivity index (χ2n) is 9.21. The standard InChI is InChI=1S/C28H31NO5/c1-19(30)33-16-6-8-20-7-5-9-24(17-20)29(27(31)22-11-12-22)18-23-13-10-21-14-15-28(2,3)34-26(21)25(23)32-4/h5-10,13-15,17,22H,11-12,16,18H2,1-4H3/b8-6+. The molecule has 6 heteroatoms. The monoisotopic (exact) mass is 461 g/mol. The molecule has 0 atom stereocenters. The van der Waals surface area contributed by atoms with Gasteiger partial charge in [0.1, 0.15) is 12.2 Å². The van der Waals surface area contributed by atoms with Gasteiger partial charge >= 0.3 is 5.97 Å². The summed E-state index contributed by atoms with van der Waals surface area (Å²) in [4.78, 5) is 26.1. The third kappa shape index (κ3) is 5.50. The Bertz CT molecular complexity index is 1140. The number of amides is 1. The van der Waals surface area contributed by atoms with Gasteiger partial charge in [0.15, 0.2) is 11.5 Å². The van der Waals surface area contributed by atoms with E-state index in [-0.39, 0.29) is 24.4 Å². The summed E-state index contributed by atoms with van der Waals surface area (Å²) in [5.41, 5.74) is 3.14.